The molecule has 1 rings (SSSR count). The van der Waals surface area contributed by atoms with Gasteiger partial charge in [0.1, 0.15) is 5.75 Å². The van der Waals surface area contributed by atoms with Crippen molar-refractivity contribution >= 4 is 0 Å². The first-order valence-electron chi connectivity index (χ1n) is 7.40. The minimum absolute atomic E-state index is 0.0616. The summed E-state index contributed by atoms with van der Waals surface area (Å²) in [6.45, 7) is -0.591. The summed E-state index contributed by atoms with van der Waals surface area (Å²) in [4.78, 5) is 0. The molecule has 1 aromatic rings. The second-order valence-electron chi connectivity index (χ2n) is 4.96. The number of hydrogen-bond acceptors (Lipinski definition) is 2. The van der Waals surface area contributed by atoms with Crippen LogP contribution in [0.1, 0.15) is 57.1 Å². The van der Waals surface area contributed by atoms with E-state index in [0.717, 1.165) is 18.4 Å². The van der Waals surface area contributed by atoms with E-state index in [2.05, 4.69) is 17.0 Å². The van der Waals surface area contributed by atoms with Crippen molar-refractivity contribution in [3.8, 4) is 5.75 Å². The molecule has 0 saturated carbocycles. The van der Waals surface area contributed by atoms with Gasteiger partial charge in [-0.25, -0.2) is 0 Å². The maximum absolute atomic E-state index is 12.4. The molecule has 0 radical (unpaired) electrons. The zero-order chi connectivity index (χ0) is 14.8. The van der Waals surface area contributed by atoms with Crippen molar-refractivity contribution in [3.63, 3.8) is 0 Å². The van der Waals surface area contributed by atoms with Gasteiger partial charge in [0, 0.05) is 11.6 Å². The number of halogens is 2. The van der Waals surface area contributed by atoms with E-state index >= 15 is 0 Å². The third kappa shape index (κ3) is 5.87. The van der Waals surface area contributed by atoms with Gasteiger partial charge in [-0.3, -0.25) is 0 Å². The first-order valence-corrected chi connectivity index (χ1v) is 7.40. The van der Waals surface area contributed by atoms with Crippen LogP contribution in [0.25, 0.3) is 0 Å². The lowest BCUT2D eigenvalue weighted by Gasteiger charge is -2.20. The second-order valence-corrected chi connectivity index (χ2v) is 4.96. The third-order valence-electron chi connectivity index (χ3n) is 3.46. The van der Waals surface area contributed by atoms with Crippen molar-refractivity contribution in [2.45, 2.75) is 58.1 Å². The maximum atomic E-state index is 12.4. The Morgan fingerprint density at radius 3 is 2.45 bits per heavy atom. The van der Waals surface area contributed by atoms with E-state index in [4.69, 9.17) is 0 Å². The highest BCUT2D eigenvalue weighted by Crippen LogP contribution is 2.29. The van der Waals surface area contributed by atoms with Crippen LogP contribution in [0.3, 0.4) is 0 Å². The summed E-state index contributed by atoms with van der Waals surface area (Å²) < 4.78 is 29.4. The molecule has 0 aromatic heterocycles. The predicted octanol–water partition coefficient (Wildman–Crippen LogP) is 4.91. The standard InChI is InChI=1S/C16H25F2NO/c1-3-4-5-6-7-11-14(19-2)13-10-8-9-12-15(13)20-16(17)18/h8-10,12,14,16,19H,3-7,11H2,1-2H3. The van der Waals surface area contributed by atoms with E-state index in [-0.39, 0.29) is 11.8 Å². The molecular formula is C16H25F2NO. The topological polar surface area (TPSA) is 21.3 Å². The van der Waals surface area contributed by atoms with Crippen molar-refractivity contribution < 1.29 is 13.5 Å². The van der Waals surface area contributed by atoms with Crippen LogP contribution >= 0.6 is 0 Å². The van der Waals surface area contributed by atoms with Gasteiger partial charge in [0.15, 0.2) is 0 Å². The van der Waals surface area contributed by atoms with Crippen molar-refractivity contribution in [3.05, 3.63) is 29.8 Å². The Morgan fingerprint density at radius 2 is 1.80 bits per heavy atom. The van der Waals surface area contributed by atoms with Crippen LogP contribution in [0.4, 0.5) is 8.78 Å². The maximum Gasteiger partial charge on any atom is 0.387 e. The van der Waals surface area contributed by atoms with Gasteiger partial charge in [-0.1, -0.05) is 57.2 Å². The van der Waals surface area contributed by atoms with Crippen LogP contribution < -0.4 is 10.1 Å². The summed E-state index contributed by atoms with van der Waals surface area (Å²) in [6.07, 6.45) is 6.93. The quantitative estimate of drug-likeness (QED) is 0.617. The van der Waals surface area contributed by atoms with Crippen molar-refractivity contribution in [1.82, 2.24) is 5.32 Å². The first kappa shape index (κ1) is 16.9. The zero-order valence-electron chi connectivity index (χ0n) is 12.4. The molecular weight excluding hydrogens is 260 g/mol. The Labute approximate surface area is 120 Å². The van der Waals surface area contributed by atoms with Gasteiger partial charge in [-0.15, -0.1) is 0 Å². The van der Waals surface area contributed by atoms with Gasteiger partial charge >= 0.3 is 6.61 Å². The zero-order valence-corrected chi connectivity index (χ0v) is 12.4. The predicted molar refractivity (Wildman–Crippen MR) is 78.3 cm³/mol. The number of hydrogen-bond donors (Lipinski definition) is 1. The fourth-order valence-electron chi connectivity index (χ4n) is 2.38. The van der Waals surface area contributed by atoms with Gasteiger partial charge < -0.3 is 10.1 Å². The SMILES string of the molecule is CCCCCCCC(NC)c1ccccc1OC(F)F. The Balaban J connectivity index is 2.59. The molecule has 0 heterocycles. The van der Waals surface area contributed by atoms with Crippen molar-refractivity contribution in [2.24, 2.45) is 0 Å². The Bertz CT molecular complexity index is 371. The Hall–Kier alpha value is -1.16. The molecule has 4 heteroatoms. The molecule has 0 fully saturated rings. The van der Waals surface area contributed by atoms with E-state index in [9.17, 15) is 8.78 Å². The molecule has 0 bridgehead atoms. The fourth-order valence-corrected chi connectivity index (χ4v) is 2.38. The van der Waals surface area contributed by atoms with Gasteiger partial charge in [0.25, 0.3) is 0 Å². The van der Waals surface area contributed by atoms with Gasteiger partial charge in [0.05, 0.1) is 0 Å². The minimum atomic E-state index is -2.78. The van der Waals surface area contributed by atoms with Crippen LogP contribution in [0.2, 0.25) is 0 Å². The molecule has 0 spiro atoms. The van der Waals surface area contributed by atoms with Crippen LogP contribution in [-0.4, -0.2) is 13.7 Å². The Kier molecular flexibility index (Phi) is 8.19. The molecule has 1 unspecified atom stereocenters. The summed E-state index contributed by atoms with van der Waals surface area (Å²) in [7, 11) is 1.86. The first-order chi connectivity index (χ1) is 9.69. The number of alkyl halides is 2. The second kappa shape index (κ2) is 9.70. The molecule has 1 N–H and O–H groups in total. The van der Waals surface area contributed by atoms with E-state index in [0.29, 0.717) is 0 Å². The average Bonchev–Trinajstić information content (AvgIpc) is 2.43. The molecule has 114 valence electrons. The average molecular weight is 285 g/mol. The molecule has 0 amide bonds. The molecule has 0 saturated heterocycles. The van der Waals surface area contributed by atoms with Gasteiger partial charge in [-0.05, 0) is 19.5 Å². The number of ether oxygens (including phenoxy) is 1. The lowest BCUT2D eigenvalue weighted by atomic mass is 9.99. The highest BCUT2D eigenvalue weighted by atomic mass is 19.3. The normalized spacial score (nSPS) is 12.7. The number of nitrogens with one attached hydrogen (secondary N) is 1. The summed E-state index contributed by atoms with van der Waals surface area (Å²) in [5, 5.41) is 3.20. The van der Waals surface area contributed by atoms with E-state index in [1.165, 1.54) is 25.7 Å². The monoisotopic (exact) mass is 285 g/mol. The lowest BCUT2D eigenvalue weighted by molar-refractivity contribution is -0.0507. The summed E-state index contributed by atoms with van der Waals surface area (Å²) in [6, 6.07) is 7.09. The smallest absolute Gasteiger partial charge is 0.387 e. The van der Waals surface area contributed by atoms with Crippen LogP contribution in [-0.2, 0) is 0 Å². The number of unbranched alkanes of at least 4 members (excludes halogenated alkanes) is 4. The summed E-state index contributed by atoms with van der Waals surface area (Å²) in [5.41, 5.74) is 0.811. The van der Waals surface area contributed by atoms with E-state index in [1.54, 1.807) is 12.1 Å². The van der Waals surface area contributed by atoms with Crippen LogP contribution in [0, 0.1) is 0 Å². The molecule has 20 heavy (non-hydrogen) atoms. The van der Waals surface area contributed by atoms with Crippen molar-refractivity contribution in [1.29, 1.82) is 0 Å². The Morgan fingerprint density at radius 1 is 1.10 bits per heavy atom. The van der Waals surface area contributed by atoms with E-state index < -0.39 is 6.61 Å². The van der Waals surface area contributed by atoms with E-state index in [1.807, 2.05) is 19.2 Å². The number of rotatable bonds is 10. The molecule has 0 aliphatic heterocycles. The highest BCUT2D eigenvalue weighted by molar-refractivity contribution is 5.35. The summed E-state index contributed by atoms with van der Waals surface area (Å²) >= 11 is 0. The molecule has 0 aliphatic carbocycles. The number of benzene rings is 1. The minimum Gasteiger partial charge on any atom is -0.434 e. The van der Waals surface area contributed by atoms with Crippen molar-refractivity contribution in [2.75, 3.05) is 7.05 Å². The fraction of sp³-hybridized carbons (Fsp3) is 0.625. The molecule has 2 nitrogen and oxygen atoms in total. The third-order valence-corrected chi connectivity index (χ3v) is 3.46. The molecule has 1 atom stereocenters. The lowest BCUT2D eigenvalue weighted by Crippen LogP contribution is -2.18. The van der Waals surface area contributed by atoms with Gasteiger partial charge in [0.2, 0.25) is 0 Å². The summed E-state index contributed by atoms with van der Waals surface area (Å²) in [5.74, 6) is 0.274. The number of para-hydroxylation sites is 1. The highest BCUT2D eigenvalue weighted by Gasteiger charge is 2.16. The van der Waals surface area contributed by atoms with Gasteiger partial charge in [-0.2, -0.15) is 8.78 Å². The molecule has 0 aliphatic rings. The van der Waals surface area contributed by atoms with Crippen LogP contribution in [0.15, 0.2) is 24.3 Å². The van der Waals surface area contributed by atoms with Crippen LogP contribution in [0.5, 0.6) is 5.75 Å². The molecule has 1 aromatic carbocycles. The largest absolute Gasteiger partial charge is 0.434 e.